The zero-order valence-corrected chi connectivity index (χ0v) is 16.1. The summed E-state index contributed by atoms with van der Waals surface area (Å²) >= 11 is 0. The van der Waals surface area contributed by atoms with Gasteiger partial charge >= 0.3 is 0 Å². The number of rotatable bonds is 0. The summed E-state index contributed by atoms with van der Waals surface area (Å²) in [5.74, 6) is 0.461. The normalized spacial score (nSPS) is 38.2. The first-order chi connectivity index (χ1) is 11.2. The van der Waals surface area contributed by atoms with E-state index in [1.54, 1.807) is 0 Å². The van der Waals surface area contributed by atoms with Crippen LogP contribution < -0.4 is 0 Å². The molecule has 4 fully saturated rings. The number of aliphatic hydroxyl groups is 1. The third-order valence-corrected chi connectivity index (χ3v) is 6.68. The lowest BCUT2D eigenvalue weighted by molar-refractivity contribution is -0.127. The smallest absolute Gasteiger partial charge is 0.136 e. The van der Waals surface area contributed by atoms with Crippen molar-refractivity contribution >= 4 is 5.78 Å². The first kappa shape index (κ1) is 18.3. The Kier molecular flexibility index (Phi) is 5.12. The Morgan fingerprint density at radius 1 is 0.958 bits per heavy atom. The van der Waals surface area contributed by atoms with E-state index in [0.717, 1.165) is 25.7 Å². The Morgan fingerprint density at radius 2 is 1.54 bits per heavy atom. The van der Waals surface area contributed by atoms with E-state index in [4.69, 9.17) is 0 Å². The Hall–Kier alpha value is -0.450. The highest BCUT2D eigenvalue weighted by Gasteiger charge is 2.43. The minimum absolute atomic E-state index is 0.0562. The summed E-state index contributed by atoms with van der Waals surface area (Å²) in [7, 11) is 0. The molecule has 3 atom stereocenters. The molecule has 0 saturated carbocycles. The molecule has 4 nitrogen and oxygen atoms in total. The van der Waals surface area contributed by atoms with Crippen LogP contribution in [0.5, 0.6) is 0 Å². The van der Waals surface area contributed by atoms with Gasteiger partial charge in [-0.3, -0.25) is 14.6 Å². The SMILES string of the molecule is CC1(C)CC(=O)CC2CCCN21.CC1(C)CC(O)CC2CCCN21. The number of piperidine rings is 2. The monoisotopic (exact) mass is 336 g/mol. The maximum Gasteiger partial charge on any atom is 0.136 e. The van der Waals surface area contributed by atoms with Gasteiger partial charge in [-0.2, -0.15) is 0 Å². The summed E-state index contributed by atoms with van der Waals surface area (Å²) in [6, 6.07) is 1.24. The summed E-state index contributed by atoms with van der Waals surface area (Å²) in [5, 5.41) is 9.67. The maximum absolute atomic E-state index is 11.4. The quantitative estimate of drug-likeness (QED) is 0.738. The van der Waals surface area contributed by atoms with Crippen molar-refractivity contribution in [3.05, 3.63) is 0 Å². The number of hydrogen-bond acceptors (Lipinski definition) is 4. The molecule has 0 aromatic carbocycles. The second-order valence-corrected chi connectivity index (χ2v) is 9.62. The average molecular weight is 337 g/mol. The lowest BCUT2D eigenvalue weighted by Gasteiger charge is -2.46. The van der Waals surface area contributed by atoms with E-state index in [1.165, 1.54) is 38.8 Å². The first-order valence-electron chi connectivity index (χ1n) is 9.92. The van der Waals surface area contributed by atoms with Gasteiger partial charge in [0.25, 0.3) is 0 Å². The molecular formula is C20H36N2O2. The molecule has 0 bridgehead atoms. The summed E-state index contributed by atoms with van der Waals surface area (Å²) in [5.41, 5.74) is 0.370. The van der Waals surface area contributed by atoms with E-state index < -0.39 is 0 Å². The topological polar surface area (TPSA) is 43.8 Å². The Balaban J connectivity index is 0.000000141. The van der Waals surface area contributed by atoms with Gasteiger partial charge in [-0.25, -0.2) is 0 Å². The second kappa shape index (κ2) is 6.69. The van der Waals surface area contributed by atoms with E-state index in [-0.39, 0.29) is 17.2 Å². The molecule has 0 spiro atoms. The van der Waals surface area contributed by atoms with Crippen LogP contribution in [0, 0.1) is 0 Å². The highest BCUT2D eigenvalue weighted by Crippen LogP contribution is 2.37. The van der Waals surface area contributed by atoms with Crippen LogP contribution in [0.25, 0.3) is 0 Å². The first-order valence-corrected chi connectivity index (χ1v) is 9.92. The van der Waals surface area contributed by atoms with Crippen molar-refractivity contribution in [2.24, 2.45) is 0 Å². The van der Waals surface area contributed by atoms with Gasteiger partial charge in [0.2, 0.25) is 0 Å². The Morgan fingerprint density at radius 3 is 2.21 bits per heavy atom. The molecule has 4 aliphatic rings. The van der Waals surface area contributed by atoms with Crippen LogP contribution in [0.4, 0.5) is 0 Å². The maximum atomic E-state index is 11.4. The molecule has 4 aliphatic heterocycles. The van der Waals surface area contributed by atoms with Gasteiger partial charge in [0.05, 0.1) is 6.10 Å². The van der Waals surface area contributed by atoms with E-state index in [1.807, 2.05) is 0 Å². The van der Waals surface area contributed by atoms with Crippen molar-refractivity contribution in [3.8, 4) is 0 Å². The van der Waals surface area contributed by atoms with Crippen molar-refractivity contribution in [1.82, 2.24) is 9.80 Å². The molecule has 4 heteroatoms. The van der Waals surface area contributed by atoms with Crippen molar-refractivity contribution in [3.63, 3.8) is 0 Å². The highest BCUT2D eigenvalue weighted by molar-refractivity contribution is 5.81. The number of nitrogens with zero attached hydrogens (tertiary/aromatic N) is 2. The van der Waals surface area contributed by atoms with Gasteiger partial charge < -0.3 is 5.11 Å². The van der Waals surface area contributed by atoms with Gasteiger partial charge in [-0.05, 0) is 79.3 Å². The third kappa shape index (κ3) is 3.71. The van der Waals surface area contributed by atoms with Gasteiger partial charge in [0.15, 0.2) is 0 Å². The Bertz CT molecular complexity index is 474. The fourth-order valence-corrected chi connectivity index (χ4v) is 5.73. The summed E-state index contributed by atoms with van der Waals surface area (Å²) in [4.78, 5) is 16.5. The molecule has 0 aliphatic carbocycles. The predicted molar refractivity (Wildman–Crippen MR) is 97.1 cm³/mol. The molecular weight excluding hydrogens is 300 g/mol. The van der Waals surface area contributed by atoms with Gasteiger partial charge in [-0.15, -0.1) is 0 Å². The summed E-state index contributed by atoms with van der Waals surface area (Å²) in [6.45, 7) is 11.3. The van der Waals surface area contributed by atoms with E-state index in [0.29, 0.717) is 17.9 Å². The number of hydrogen-bond donors (Lipinski definition) is 1. The van der Waals surface area contributed by atoms with Crippen LogP contribution in [0.1, 0.15) is 79.1 Å². The summed E-state index contributed by atoms with van der Waals surface area (Å²) < 4.78 is 0. The zero-order valence-electron chi connectivity index (χ0n) is 16.1. The van der Waals surface area contributed by atoms with Crippen LogP contribution in [-0.2, 0) is 4.79 Å². The number of ketones is 1. The average Bonchev–Trinajstić information content (AvgIpc) is 3.06. The molecule has 24 heavy (non-hydrogen) atoms. The standard InChI is InChI=1S/C10H19NO.C10H17NO/c2*1-10(2)7-9(12)6-8-4-3-5-11(8)10/h8-9,12H,3-7H2,1-2H3;8H,3-7H2,1-2H3. The Labute approximate surface area is 147 Å². The van der Waals surface area contributed by atoms with Gasteiger partial charge in [0, 0.05) is 36.0 Å². The number of fused-ring (bicyclic) bond motifs is 2. The van der Waals surface area contributed by atoms with Crippen molar-refractivity contribution in [1.29, 1.82) is 0 Å². The summed E-state index contributed by atoms with van der Waals surface area (Å²) in [6.07, 6.45) is 8.58. The van der Waals surface area contributed by atoms with E-state index in [2.05, 4.69) is 37.5 Å². The van der Waals surface area contributed by atoms with Crippen molar-refractivity contribution < 1.29 is 9.90 Å². The van der Waals surface area contributed by atoms with Crippen LogP contribution >= 0.6 is 0 Å². The number of Topliss-reactive ketones (excluding diaryl/α,β-unsaturated/α-hetero) is 1. The fraction of sp³-hybridized carbons (Fsp3) is 0.950. The molecule has 3 unspecified atom stereocenters. The molecule has 4 rings (SSSR count). The van der Waals surface area contributed by atoms with Gasteiger partial charge in [0.1, 0.15) is 5.78 Å². The van der Waals surface area contributed by atoms with Crippen molar-refractivity contribution in [2.75, 3.05) is 13.1 Å². The largest absolute Gasteiger partial charge is 0.393 e. The molecule has 1 N–H and O–H groups in total. The number of carbonyl (C=O) groups excluding carboxylic acids is 1. The highest BCUT2D eigenvalue weighted by atomic mass is 16.3. The zero-order chi connectivity index (χ0) is 17.5. The molecule has 138 valence electrons. The van der Waals surface area contributed by atoms with Crippen LogP contribution in [-0.4, -0.2) is 63.0 Å². The number of carbonyl (C=O) groups is 1. The van der Waals surface area contributed by atoms with Crippen molar-refractivity contribution in [2.45, 2.75) is 108 Å². The predicted octanol–water partition coefficient (Wildman–Crippen LogP) is 2.98. The molecule has 4 saturated heterocycles. The minimum atomic E-state index is -0.0562. The van der Waals surface area contributed by atoms with Crippen LogP contribution in [0.15, 0.2) is 0 Å². The molecule has 0 aromatic rings. The van der Waals surface area contributed by atoms with E-state index >= 15 is 0 Å². The lowest BCUT2D eigenvalue weighted by atomic mass is 9.85. The second-order valence-electron chi connectivity index (χ2n) is 9.62. The lowest BCUT2D eigenvalue weighted by Crippen LogP contribution is -2.53. The van der Waals surface area contributed by atoms with E-state index in [9.17, 15) is 9.90 Å². The fourth-order valence-electron chi connectivity index (χ4n) is 5.73. The van der Waals surface area contributed by atoms with Crippen LogP contribution in [0.2, 0.25) is 0 Å². The van der Waals surface area contributed by atoms with Crippen LogP contribution in [0.3, 0.4) is 0 Å². The molecule has 0 aromatic heterocycles. The molecule has 0 radical (unpaired) electrons. The molecule has 4 heterocycles. The third-order valence-electron chi connectivity index (χ3n) is 6.68. The minimum Gasteiger partial charge on any atom is -0.393 e. The molecule has 0 amide bonds. The van der Waals surface area contributed by atoms with Gasteiger partial charge in [-0.1, -0.05) is 0 Å². The number of aliphatic hydroxyl groups excluding tert-OH is 1.